The Bertz CT molecular complexity index is 1260. The summed E-state index contributed by atoms with van der Waals surface area (Å²) in [4.78, 5) is 16.0. The lowest BCUT2D eigenvalue weighted by Gasteiger charge is -2.45. The average molecular weight is 454 g/mol. The van der Waals surface area contributed by atoms with Crippen LogP contribution in [0.3, 0.4) is 0 Å². The average Bonchev–Trinajstić information content (AvgIpc) is 3.32. The molecule has 0 bridgehead atoms. The molecule has 2 atom stereocenters. The fourth-order valence-corrected chi connectivity index (χ4v) is 5.29. The summed E-state index contributed by atoms with van der Waals surface area (Å²) in [7, 11) is 1.77. The molecule has 5 heteroatoms. The van der Waals surface area contributed by atoms with Crippen LogP contribution in [-0.4, -0.2) is 17.9 Å². The van der Waals surface area contributed by atoms with Crippen LogP contribution in [0.1, 0.15) is 34.9 Å². The minimum absolute atomic E-state index is 0.0521. The van der Waals surface area contributed by atoms with E-state index >= 15 is 0 Å². The predicted octanol–water partition coefficient (Wildman–Crippen LogP) is 6.06. The highest BCUT2D eigenvalue weighted by Gasteiger charge is 2.46. The molecule has 1 unspecified atom stereocenters. The minimum atomic E-state index is -0.589. The maximum absolute atomic E-state index is 13.3. The summed E-state index contributed by atoms with van der Waals surface area (Å²) < 4.78 is 0. The smallest absolute Gasteiger partial charge is 0.233 e. The number of nitrogens with one attached hydrogen (secondary N) is 1. The molecule has 4 rings (SSSR count). The Morgan fingerprint density at radius 1 is 1.21 bits per heavy atom. The molecule has 2 aromatic carbocycles. The molecule has 1 amide bonds. The number of benzene rings is 2. The lowest BCUT2D eigenvalue weighted by molar-refractivity contribution is -0.138. The Hall–Kier alpha value is -3.62. The van der Waals surface area contributed by atoms with E-state index in [1.54, 1.807) is 29.4 Å². The molecule has 4 nitrogen and oxygen atoms in total. The number of hydrogen-bond acceptors (Lipinski definition) is 4. The summed E-state index contributed by atoms with van der Waals surface area (Å²) in [5.74, 6) is 0.366. The number of nitrogens with zero attached hydrogens (tertiary/aromatic N) is 2. The molecule has 0 saturated carbocycles. The van der Waals surface area contributed by atoms with Gasteiger partial charge in [-0.05, 0) is 60.5 Å². The number of carbonyl (C=O) groups is 1. The van der Waals surface area contributed by atoms with Crippen LogP contribution in [0.25, 0.3) is 17.2 Å². The number of carbonyl (C=O) groups excluding carboxylic acids is 1. The first-order valence-corrected chi connectivity index (χ1v) is 11.8. The SMILES string of the molecule is C=C1N[C@](C)(c2cc(-c3cccc(C#N)c3)cs2)C(C/C=C/c2ccc(C)cc2)C(=O)N1C. The fourth-order valence-electron chi connectivity index (χ4n) is 4.20. The van der Waals surface area contributed by atoms with Gasteiger partial charge in [0.15, 0.2) is 0 Å². The number of hydrogen-bond donors (Lipinski definition) is 1. The van der Waals surface area contributed by atoms with Crippen molar-refractivity contribution in [3.63, 3.8) is 0 Å². The molecule has 1 fully saturated rings. The van der Waals surface area contributed by atoms with Gasteiger partial charge < -0.3 is 10.2 Å². The second kappa shape index (κ2) is 9.09. The maximum atomic E-state index is 13.3. The van der Waals surface area contributed by atoms with Crippen molar-refractivity contribution >= 4 is 23.3 Å². The van der Waals surface area contributed by atoms with Crippen molar-refractivity contribution in [3.05, 3.63) is 100 Å². The summed E-state index contributed by atoms with van der Waals surface area (Å²) in [5, 5.41) is 14.8. The quantitative estimate of drug-likeness (QED) is 0.511. The first kappa shape index (κ1) is 22.6. The zero-order chi connectivity index (χ0) is 23.6. The van der Waals surface area contributed by atoms with Gasteiger partial charge in [-0.25, -0.2) is 0 Å². The highest BCUT2D eigenvalue weighted by atomic mass is 32.1. The molecule has 166 valence electrons. The van der Waals surface area contributed by atoms with Crippen LogP contribution >= 0.6 is 11.3 Å². The summed E-state index contributed by atoms with van der Waals surface area (Å²) in [6, 6.07) is 20.3. The molecule has 0 aliphatic carbocycles. The van der Waals surface area contributed by atoms with Crippen molar-refractivity contribution in [2.24, 2.45) is 5.92 Å². The van der Waals surface area contributed by atoms with E-state index in [2.05, 4.69) is 79.7 Å². The second-order valence-corrected chi connectivity index (χ2v) is 9.58. The van der Waals surface area contributed by atoms with Gasteiger partial charge in [0.05, 0.1) is 23.1 Å². The standard InChI is InChI=1S/C28H27N3OS/c1-19-11-13-21(14-12-19)7-6-10-25-27(32)31(4)20(2)30-28(25,3)26-16-24(18-33-26)23-9-5-8-22(15-23)17-29/h5-9,11-16,18,25,30H,2,10H2,1,3-4H3/b7-6+/t25?,28-/m0/s1. The lowest BCUT2D eigenvalue weighted by atomic mass is 9.78. The van der Waals surface area contributed by atoms with Crippen LogP contribution in [0.2, 0.25) is 0 Å². The van der Waals surface area contributed by atoms with Gasteiger partial charge in [0.2, 0.25) is 5.91 Å². The monoisotopic (exact) mass is 453 g/mol. The summed E-state index contributed by atoms with van der Waals surface area (Å²) in [6.07, 6.45) is 4.76. The highest BCUT2D eigenvalue weighted by molar-refractivity contribution is 7.10. The Morgan fingerprint density at radius 2 is 1.97 bits per heavy atom. The number of rotatable bonds is 5. The molecule has 1 aromatic heterocycles. The third-order valence-electron chi connectivity index (χ3n) is 6.33. The van der Waals surface area contributed by atoms with Crippen LogP contribution in [0.4, 0.5) is 0 Å². The van der Waals surface area contributed by atoms with E-state index in [9.17, 15) is 10.1 Å². The molecular formula is C28H27N3OS. The zero-order valence-corrected chi connectivity index (χ0v) is 19.9. The molecule has 0 spiro atoms. The van der Waals surface area contributed by atoms with Crippen LogP contribution in [0, 0.1) is 24.2 Å². The van der Waals surface area contributed by atoms with Crippen LogP contribution in [0.15, 0.2) is 78.5 Å². The van der Waals surface area contributed by atoms with Crippen LogP contribution in [-0.2, 0) is 10.3 Å². The van der Waals surface area contributed by atoms with E-state index < -0.39 is 5.54 Å². The van der Waals surface area contributed by atoms with E-state index in [1.165, 1.54) is 5.56 Å². The normalized spacial score (nSPS) is 20.7. The van der Waals surface area contributed by atoms with Crippen LogP contribution in [0.5, 0.6) is 0 Å². The molecule has 1 saturated heterocycles. The van der Waals surface area contributed by atoms with Crippen molar-refractivity contribution in [1.82, 2.24) is 10.2 Å². The Morgan fingerprint density at radius 3 is 2.70 bits per heavy atom. The minimum Gasteiger partial charge on any atom is -0.361 e. The number of aryl methyl sites for hydroxylation is 1. The van der Waals surface area contributed by atoms with Gasteiger partial charge in [0.25, 0.3) is 0 Å². The third-order valence-corrected chi connectivity index (χ3v) is 7.50. The molecule has 33 heavy (non-hydrogen) atoms. The topological polar surface area (TPSA) is 56.1 Å². The van der Waals surface area contributed by atoms with E-state index in [0.29, 0.717) is 17.8 Å². The van der Waals surface area contributed by atoms with Crippen molar-refractivity contribution in [2.45, 2.75) is 25.8 Å². The Labute approximate surface area is 199 Å². The number of nitriles is 1. The third kappa shape index (κ3) is 4.48. The first-order chi connectivity index (χ1) is 15.8. The summed E-state index contributed by atoms with van der Waals surface area (Å²) in [6.45, 7) is 8.22. The molecule has 0 radical (unpaired) electrons. The van der Waals surface area contributed by atoms with Gasteiger partial charge in [0, 0.05) is 11.9 Å². The van der Waals surface area contributed by atoms with E-state index in [4.69, 9.17) is 0 Å². The van der Waals surface area contributed by atoms with Gasteiger partial charge in [0.1, 0.15) is 5.82 Å². The van der Waals surface area contributed by atoms with E-state index in [0.717, 1.165) is 21.6 Å². The maximum Gasteiger partial charge on any atom is 0.233 e. The molecular weight excluding hydrogens is 426 g/mol. The molecule has 3 aromatic rings. The molecule has 2 heterocycles. The molecule has 1 aliphatic heterocycles. The number of thiophene rings is 1. The lowest BCUT2D eigenvalue weighted by Crippen LogP contribution is -2.58. The summed E-state index contributed by atoms with van der Waals surface area (Å²) in [5.41, 5.74) is 4.42. The van der Waals surface area contributed by atoms with Gasteiger partial charge in [-0.3, -0.25) is 4.79 Å². The van der Waals surface area contributed by atoms with Crippen LogP contribution < -0.4 is 5.32 Å². The van der Waals surface area contributed by atoms with Crippen molar-refractivity contribution in [2.75, 3.05) is 7.05 Å². The van der Waals surface area contributed by atoms with Crippen molar-refractivity contribution in [3.8, 4) is 17.2 Å². The van der Waals surface area contributed by atoms with Gasteiger partial charge in [-0.2, -0.15) is 5.26 Å². The number of allylic oxidation sites excluding steroid dienone is 1. The molecule has 1 aliphatic rings. The van der Waals surface area contributed by atoms with Gasteiger partial charge in [-0.1, -0.05) is 60.7 Å². The number of amides is 1. The fraction of sp³-hybridized carbons (Fsp3) is 0.214. The van der Waals surface area contributed by atoms with Gasteiger partial charge >= 0.3 is 0 Å². The Kier molecular flexibility index (Phi) is 6.22. The van der Waals surface area contributed by atoms with Gasteiger partial charge in [-0.15, -0.1) is 11.3 Å². The first-order valence-electron chi connectivity index (χ1n) is 10.9. The molecule has 1 N–H and O–H groups in total. The highest BCUT2D eigenvalue weighted by Crippen LogP contribution is 2.42. The largest absolute Gasteiger partial charge is 0.361 e. The summed E-state index contributed by atoms with van der Waals surface area (Å²) >= 11 is 1.62. The zero-order valence-electron chi connectivity index (χ0n) is 19.1. The van der Waals surface area contributed by atoms with E-state index in [1.807, 2.05) is 18.2 Å². The van der Waals surface area contributed by atoms with Crippen molar-refractivity contribution < 1.29 is 4.79 Å². The van der Waals surface area contributed by atoms with E-state index in [-0.39, 0.29) is 11.8 Å². The second-order valence-electron chi connectivity index (χ2n) is 8.66. The van der Waals surface area contributed by atoms with Crippen molar-refractivity contribution in [1.29, 1.82) is 5.26 Å². The Balaban J connectivity index is 1.65. The predicted molar refractivity (Wildman–Crippen MR) is 135 cm³/mol.